The predicted molar refractivity (Wildman–Crippen MR) is 51.6 cm³/mol. The van der Waals surface area contributed by atoms with Gasteiger partial charge in [0.1, 0.15) is 12.1 Å². The minimum absolute atomic E-state index is 0.198. The van der Waals surface area contributed by atoms with Gasteiger partial charge in [0.15, 0.2) is 0 Å². The van der Waals surface area contributed by atoms with Gasteiger partial charge < -0.3 is 10.1 Å². The summed E-state index contributed by atoms with van der Waals surface area (Å²) < 4.78 is 17.6. The van der Waals surface area contributed by atoms with Crippen LogP contribution in [-0.2, 0) is 4.74 Å². The molecule has 1 aromatic heterocycles. The van der Waals surface area contributed by atoms with E-state index < -0.39 is 5.95 Å². The van der Waals surface area contributed by atoms with E-state index in [2.05, 4.69) is 15.3 Å². The highest BCUT2D eigenvalue weighted by Gasteiger charge is 2.03. The molecule has 0 aromatic carbocycles. The number of hydrogen-bond acceptors (Lipinski definition) is 4. The monoisotopic (exact) mass is 199 g/mol. The molecule has 1 heterocycles. The van der Waals surface area contributed by atoms with Gasteiger partial charge in [-0.05, 0) is 13.3 Å². The van der Waals surface area contributed by atoms with Crippen molar-refractivity contribution in [1.29, 1.82) is 0 Å². The zero-order valence-corrected chi connectivity index (χ0v) is 8.33. The van der Waals surface area contributed by atoms with Crippen LogP contribution in [0.25, 0.3) is 0 Å². The first-order chi connectivity index (χ1) is 6.72. The fourth-order valence-electron chi connectivity index (χ4n) is 1.03. The molecule has 0 aliphatic carbocycles. The molecule has 1 unspecified atom stereocenters. The van der Waals surface area contributed by atoms with Crippen LogP contribution in [-0.4, -0.2) is 29.7 Å². The van der Waals surface area contributed by atoms with Gasteiger partial charge >= 0.3 is 0 Å². The third-order valence-corrected chi connectivity index (χ3v) is 1.78. The molecule has 0 aliphatic heterocycles. The molecule has 5 heteroatoms. The Morgan fingerprint density at radius 2 is 2.36 bits per heavy atom. The highest BCUT2D eigenvalue weighted by molar-refractivity contribution is 5.33. The van der Waals surface area contributed by atoms with Crippen LogP contribution in [0.4, 0.5) is 10.2 Å². The maximum Gasteiger partial charge on any atom is 0.217 e. The molecule has 0 amide bonds. The average molecular weight is 199 g/mol. The second kappa shape index (κ2) is 5.49. The van der Waals surface area contributed by atoms with Crippen LogP contribution in [0.1, 0.15) is 13.3 Å². The van der Waals surface area contributed by atoms with E-state index in [9.17, 15) is 4.39 Å². The predicted octanol–water partition coefficient (Wildman–Crippen LogP) is 1.45. The second-order valence-corrected chi connectivity index (χ2v) is 3.05. The lowest BCUT2D eigenvalue weighted by Gasteiger charge is -2.13. The van der Waals surface area contributed by atoms with E-state index in [0.29, 0.717) is 12.4 Å². The van der Waals surface area contributed by atoms with Crippen molar-refractivity contribution >= 4 is 5.82 Å². The minimum Gasteiger partial charge on any atom is -0.385 e. The zero-order valence-electron chi connectivity index (χ0n) is 8.33. The number of hydrogen-bond donors (Lipinski definition) is 1. The van der Waals surface area contributed by atoms with E-state index in [0.717, 1.165) is 6.42 Å². The number of aromatic nitrogens is 2. The molecule has 1 aromatic rings. The first-order valence-electron chi connectivity index (χ1n) is 4.45. The normalized spacial score (nSPS) is 12.5. The van der Waals surface area contributed by atoms with Gasteiger partial charge in [-0.2, -0.15) is 4.39 Å². The molecular formula is C9H14FN3O. The maximum absolute atomic E-state index is 12.7. The van der Waals surface area contributed by atoms with E-state index in [-0.39, 0.29) is 6.04 Å². The van der Waals surface area contributed by atoms with E-state index >= 15 is 0 Å². The van der Waals surface area contributed by atoms with Crippen molar-refractivity contribution in [3.63, 3.8) is 0 Å². The van der Waals surface area contributed by atoms with Crippen molar-refractivity contribution in [2.75, 3.05) is 19.0 Å². The summed E-state index contributed by atoms with van der Waals surface area (Å²) >= 11 is 0. The van der Waals surface area contributed by atoms with Gasteiger partial charge in [0.25, 0.3) is 0 Å². The molecule has 1 N–H and O–H groups in total. The summed E-state index contributed by atoms with van der Waals surface area (Å²) in [4.78, 5) is 7.25. The molecular weight excluding hydrogens is 185 g/mol. The van der Waals surface area contributed by atoms with Crippen LogP contribution in [0.3, 0.4) is 0 Å². The Kier molecular flexibility index (Phi) is 4.25. The molecule has 4 nitrogen and oxygen atoms in total. The van der Waals surface area contributed by atoms with E-state index in [4.69, 9.17) is 4.74 Å². The Hall–Kier alpha value is -1.23. The Balaban J connectivity index is 2.43. The Morgan fingerprint density at radius 3 is 3.00 bits per heavy atom. The van der Waals surface area contributed by atoms with Gasteiger partial charge in [0, 0.05) is 25.8 Å². The second-order valence-electron chi connectivity index (χ2n) is 3.05. The van der Waals surface area contributed by atoms with E-state index in [1.54, 1.807) is 7.11 Å². The number of anilines is 1. The number of methoxy groups -OCH3 is 1. The summed E-state index contributed by atoms with van der Waals surface area (Å²) in [5.74, 6) is -0.0254. The lowest BCUT2D eigenvalue weighted by atomic mass is 10.2. The average Bonchev–Trinajstić information content (AvgIpc) is 2.15. The van der Waals surface area contributed by atoms with Gasteiger partial charge in [0.05, 0.1) is 0 Å². The first-order valence-corrected chi connectivity index (χ1v) is 4.45. The molecule has 0 bridgehead atoms. The van der Waals surface area contributed by atoms with Gasteiger partial charge in [-0.1, -0.05) is 0 Å². The van der Waals surface area contributed by atoms with Crippen molar-refractivity contribution < 1.29 is 9.13 Å². The third kappa shape index (κ3) is 3.66. The SMILES string of the molecule is COCCC(C)Nc1cc(F)ncn1. The molecule has 0 spiro atoms. The highest BCUT2D eigenvalue weighted by atomic mass is 19.1. The lowest BCUT2D eigenvalue weighted by molar-refractivity contribution is 0.191. The fourth-order valence-corrected chi connectivity index (χ4v) is 1.03. The molecule has 0 radical (unpaired) electrons. The largest absolute Gasteiger partial charge is 0.385 e. The molecule has 0 fully saturated rings. The van der Waals surface area contributed by atoms with Gasteiger partial charge in [0.2, 0.25) is 5.95 Å². The topological polar surface area (TPSA) is 47.0 Å². The van der Waals surface area contributed by atoms with Gasteiger partial charge in [-0.3, -0.25) is 0 Å². The Bertz CT molecular complexity index is 283. The number of nitrogens with one attached hydrogen (secondary N) is 1. The maximum atomic E-state index is 12.7. The highest BCUT2D eigenvalue weighted by Crippen LogP contribution is 2.05. The summed E-state index contributed by atoms with van der Waals surface area (Å²) in [6.45, 7) is 2.65. The quantitative estimate of drug-likeness (QED) is 0.729. The van der Waals surface area contributed by atoms with E-state index in [1.807, 2.05) is 6.92 Å². The van der Waals surface area contributed by atoms with Gasteiger partial charge in [-0.25, -0.2) is 9.97 Å². The Labute approximate surface area is 82.5 Å². The number of halogens is 1. The lowest BCUT2D eigenvalue weighted by Crippen LogP contribution is -2.18. The van der Waals surface area contributed by atoms with Crippen LogP contribution in [0.15, 0.2) is 12.4 Å². The number of ether oxygens (including phenoxy) is 1. The summed E-state index contributed by atoms with van der Waals surface area (Å²) in [6.07, 6.45) is 2.04. The molecule has 0 saturated heterocycles. The minimum atomic E-state index is -0.526. The first kappa shape index (κ1) is 10.8. The van der Waals surface area contributed by atoms with E-state index in [1.165, 1.54) is 12.4 Å². The summed E-state index contributed by atoms with van der Waals surface area (Å²) in [5.41, 5.74) is 0. The molecule has 0 aliphatic rings. The molecule has 1 atom stereocenters. The fraction of sp³-hybridized carbons (Fsp3) is 0.556. The summed E-state index contributed by atoms with van der Waals surface area (Å²) in [6, 6.07) is 1.47. The van der Waals surface area contributed by atoms with Crippen molar-refractivity contribution in [1.82, 2.24) is 9.97 Å². The molecule has 0 saturated carbocycles. The number of nitrogens with zero attached hydrogens (tertiary/aromatic N) is 2. The molecule has 78 valence electrons. The van der Waals surface area contributed by atoms with Gasteiger partial charge in [-0.15, -0.1) is 0 Å². The van der Waals surface area contributed by atoms with Crippen molar-refractivity contribution in [2.45, 2.75) is 19.4 Å². The molecule has 1 rings (SSSR count). The van der Waals surface area contributed by atoms with Crippen LogP contribution >= 0.6 is 0 Å². The third-order valence-electron chi connectivity index (χ3n) is 1.78. The van der Waals surface area contributed by atoms with Crippen molar-refractivity contribution in [2.24, 2.45) is 0 Å². The van der Waals surface area contributed by atoms with Crippen LogP contribution in [0.2, 0.25) is 0 Å². The zero-order chi connectivity index (χ0) is 10.4. The van der Waals surface area contributed by atoms with Crippen LogP contribution in [0, 0.1) is 5.95 Å². The Morgan fingerprint density at radius 1 is 1.57 bits per heavy atom. The standard InChI is InChI=1S/C9H14FN3O/c1-7(3-4-14-2)13-9-5-8(10)11-6-12-9/h5-7H,3-4H2,1-2H3,(H,11,12,13). The summed E-state index contributed by atoms with van der Waals surface area (Å²) in [7, 11) is 1.65. The van der Waals surface area contributed by atoms with Crippen LogP contribution < -0.4 is 5.32 Å². The molecule has 14 heavy (non-hydrogen) atoms. The van der Waals surface area contributed by atoms with Crippen molar-refractivity contribution in [3.05, 3.63) is 18.3 Å². The number of rotatable bonds is 5. The van der Waals surface area contributed by atoms with Crippen molar-refractivity contribution in [3.8, 4) is 0 Å². The smallest absolute Gasteiger partial charge is 0.217 e. The summed E-state index contributed by atoms with van der Waals surface area (Å²) in [5, 5.41) is 3.05. The van der Waals surface area contributed by atoms with Crippen LogP contribution in [0.5, 0.6) is 0 Å².